The number of anilines is 1. The molecule has 27 heavy (non-hydrogen) atoms. The van der Waals surface area contributed by atoms with Crippen molar-refractivity contribution in [3.8, 4) is 0 Å². The third kappa shape index (κ3) is 2.95. The number of benzene rings is 2. The minimum atomic E-state index is -0.557. The summed E-state index contributed by atoms with van der Waals surface area (Å²) in [6.45, 7) is 0. The fraction of sp³-hybridized carbons (Fsp3) is 0.0500. The van der Waals surface area contributed by atoms with Gasteiger partial charge in [-0.05, 0) is 30.3 Å². The van der Waals surface area contributed by atoms with Gasteiger partial charge in [-0.25, -0.2) is 0 Å². The van der Waals surface area contributed by atoms with Crippen LogP contribution >= 0.6 is 0 Å². The molecule has 2 N–H and O–H groups in total. The van der Waals surface area contributed by atoms with Crippen molar-refractivity contribution in [2.24, 2.45) is 0 Å². The van der Waals surface area contributed by atoms with Gasteiger partial charge in [-0.2, -0.15) is 0 Å². The summed E-state index contributed by atoms with van der Waals surface area (Å²) in [5.41, 5.74) is 0.944. The summed E-state index contributed by atoms with van der Waals surface area (Å²) in [6, 6.07) is 14.6. The van der Waals surface area contributed by atoms with Crippen LogP contribution in [0, 0.1) is 0 Å². The van der Waals surface area contributed by atoms with Gasteiger partial charge in [0, 0.05) is 24.4 Å². The van der Waals surface area contributed by atoms with Gasteiger partial charge in [-0.15, -0.1) is 0 Å². The Balaban J connectivity index is 1.69. The molecule has 0 bridgehead atoms. The molecular weight excluding hydrogens is 348 g/mol. The number of carbonyl (C=O) groups excluding carboxylic acids is 2. The zero-order valence-electron chi connectivity index (χ0n) is 14.2. The topological polar surface area (TPSA) is 102 Å². The molecule has 0 aliphatic rings. The van der Waals surface area contributed by atoms with E-state index >= 15 is 0 Å². The highest BCUT2D eigenvalue weighted by Crippen LogP contribution is 2.22. The predicted octanol–water partition coefficient (Wildman–Crippen LogP) is 3.15. The van der Waals surface area contributed by atoms with Crippen LogP contribution in [-0.2, 0) is 0 Å². The molecule has 134 valence electrons. The van der Waals surface area contributed by atoms with E-state index in [2.05, 4.69) is 10.6 Å². The van der Waals surface area contributed by atoms with Crippen molar-refractivity contribution in [3.05, 3.63) is 76.1 Å². The van der Waals surface area contributed by atoms with Crippen LogP contribution in [0.15, 0.2) is 68.2 Å². The second-order valence-corrected chi connectivity index (χ2v) is 5.85. The first kappa shape index (κ1) is 16.6. The number of hydrogen-bond acceptors (Lipinski definition) is 5. The quantitative estimate of drug-likeness (QED) is 0.583. The zero-order valence-corrected chi connectivity index (χ0v) is 14.2. The van der Waals surface area contributed by atoms with E-state index in [9.17, 15) is 14.4 Å². The van der Waals surface area contributed by atoms with Crippen LogP contribution in [0.2, 0.25) is 0 Å². The summed E-state index contributed by atoms with van der Waals surface area (Å²) in [7, 11) is 1.52. The van der Waals surface area contributed by atoms with Gasteiger partial charge in [0.05, 0.1) is 5.39 Å². The van der Waals surface area contributed by atoms with Crippen LogP contribution in [0.4, 0.5) is 5.69 Å². The molecule has 4 aromatic rings. The first-order chi connectivity index (χ1) is 13.1. The third-order valence-corrected chi connectivity index (χ3v) is 4.11. The van der Waals surface area contributed by atoms with Gasteiger partial charge in [0.25, 0.3) is 11.8 Å². The number of furan rings is 1. The van der Waals surface area contributed by atoms with Crippen LogP contribution in [0.5, 0.6) is 0 Å². The molecule has 0 radical (unpaired) electrons. The smallest absolute Gasteiger partial charge is 0.302 e. The lowest BCUT2D eigenvalue weighted by Crippen LogP contribution is -2.18. The second-order valence-electron chi connectivity index (χ2n) is 5.85. The van der Waals surface area contributed by atoms with E-state index in [1.165, 1.54) is 19.2 Å². The molecule has 0 spiro atoms. The first-order valence-electron chi connectivity index (χ1n) is 8.15. The molecule has 0 aliphatic heterocycles. The molecule has 0 aliphatic carbocycles. The van der Waals surface area contributed by atoms with Crippen LogP contribution in [0.1, 0.15) is 20.9 Å². The molecule has 7 nitrogen and oxygen atoms in total. The Bertz CT molecular complexity index is 1250. The Labute approximate surface area is 152 Å². The third-order valence-electron chi connectivity index (χ3n) is 4.11. The van der Waals surface area contributed by atoms with E-state index in [-0.39, 0.29) is 28.3 Å². The molecule has 0 saturated carbocycles. The average molecular weight is 362 g/mol. The largest absolute Gasteiger partial charge is 0.425 e. The van der Waals surface area contributed by atoms with Gasteiger partial charge in [-0.3, -0.25) is 14.4 Å². The van der Waals surface area contributed by atoms with E-state index in [0.29, 0.717) is 22.2 Å². The summed E-state index contributed by atoms with van der Waals surface area (Å²) >= 11 is 0. The zero-order chi connectivity index (χ0) is 19.0. The molecule has 4 rings (SSSR count). The fourth-order valence-corrected chi connectivity index (χ4v) is 2.78. The van der Waals surface area contributed by atoms with Gasteiger partial charge < -0.3 is 19.5 Å². The van der Waals surface area contributed by atoms with Crippen molar-refractivity contribution in [2.45, 2.75) is 0 Å². The van der Waals surface area contributed by atoms with Gasteiger partial charge >= 0.3 is 5.78 Å². The summed E-state index contributed by atoms with van der Waals surface area (Å²) < 4.78 is 11.0. The Morgan fingerprint density at radius 1 is 0.889 bits per heavy atom. The highest BCUT2D eigenvalue weighted by Gasteiger charge is 2.18. The van der Waals surface area contributed by atoms with E-state index in [1.54, 1.807) is 42.5 Å². The molecule has 2 aromatic heterocycles. The monoisotopic (exact) mass is 362 g/mol. The van der Waals surface area contributed by atoms with E-state index in [4.69, 9.17) is 8.83 Å². The maximum absolute atomic E-state index is 12.5. The van der Waals surface area contributed by atoms with Gasteiger partial charge in [0.15, 0.2) is 5.76 Å². The molecule has 2 aromatic carbocycles. The van der Waals surface area contributed by atoms with E-state index in [0.717, 1.165) is 0 Å². The molecule has 7 heteroatoms. The SMILES string of the molecule is CNC(=O)c1cccc(NC(=O)c2cc3c(=O)c4ccccc4oc3o2)c1. The van der Waals surface area contributed by atoms with Crippen molar-refractivity contribution < 1.29 is 18.4 Å². The Hall–Kier alpha value is -3.87. The summed E-state index contributed by atoms with van der Waals surface area (Å²) in [6.07, 6.45) is 0. The van der Waals surface area contributed by atoms with E-state index in [1.807, 2.05) is 0 Å². The molecule has 0 fully saturated rings. The Morgan fingerprint density at radius 3 is 2.52 bits per heavy atom. The highest BCUT2D eigenvalue weighted by atomic mass is 16.5. The molecule has 0 atom stereocenters. The number of carbonyl (C=O) groups is 2. The van der Waals surface area contributed by atoms with Crippen molar-refractivity contribution >= 4 is 39.6 Å². The van der Waals surface area contributed by atoms with Crippen molar-refractivity contribution in [3.63, 3.8) is 0 Å². The van der Waals surface area contributed by atoms with Crippen molar-refractivity contribution in [1.82, 2.24) is 5.32 Å². The molecule has 0 saturated heterocycles. The maximum atomic E-state index is 12.5. The first-order valence-corrected chi connectivity index (χ1v) is 8.15. The van der Waals surface area contributed by atoms with Crippen LogP contribution in [-0.4, -0.2) is 18.9 Å². The highest BCUT2D eigenvalue weighted by molar-refractivity contribution is 6.05. The number of hydrogen-bond donors (Lipinski definition) is 2. The summed E-state index contributed by atoms with van der Waals surface area (Å²) in [5.74, 6) is -0.898. The fourth-order valence-electron chi connectivity index (χ4n) is 2.78. The lowest BCUT2D eigenvalue weighted by Gasteiger charge is -2.05. The molecule has 2 amide bonds. The molecule has 2 heterocycles. The maximum Gasteiger partial charge on any atom is 0.302 e. The second kappa shape index (κ2) is 6.45. The molecular formula is C20H14N2O5. The lowest BCUT2D eigenvalue weighted by atomic mass is 10.2. The minimum Gasteiger partial charge on any atom is -0.425 e. The van der Waals surface area contributed by atoms with E-state index < -0.39 is 5.91 Å². The van der Waals surface area contributed by atoms with Gasteiger partial charge in [0.2, 0.25) is 5.43 Å². The van der Waals surface area contributed by atoms with Gasteiger partial charge in [-0.1, -0.05) is 18.2 Å². The number of amides is 2. The number of nitrogens with one attached hydrogen (secondary N) is 2. The Morgan fingerprint density at radius 2 is 1.70 bits per heavy atom. The Kier molecular flexibility index (Phi) is 3.97. The minimum absolute atomic E-state index is 0.0111. The number of para-hydroxylation sites is 1. The van der Waals surface area contributed by atoms with Crippen LogP contribution in [0.25, 0.3) is 22.1 Å². The summed E-state index contributed by atoms with van der Waals surface area (Å²) in [4.78, 5) is 36.7. The standard InChI is InChI=1S/C20H14N2O5/c1-21-18(24)11-5-4-6-12(9-11)22-19(25)16-10-14-17(23)13-7-2-3-8-15(13)26-20(14)27-16/h2-10H,1H3,(H,21,24)(H,22,25). The predicted molar refractivity (Wildman–Crippen MR) is 100 cm³/mol. The van der Waals surface area contributed by atoms with Crippen molar-refractivity contribution in [1.29, 1.82) is 0 Å². The van der Waals surface area contributed by atoms with Crippen molar-refractivity contribution in [2.75, 3.05) is 12.4 Å². The van der Waals surface area contributed by atoms with Crippen LogP contribution in [0.3, 0.4) is 0 Å². The van der Waals surface area contributed by atoms with Gasteiger partial charge in [0.1, 0.15) is 11.0 Å². The van der Waals surface area contributed by atoms with Crippen LogP contribution < -0.4 is 16.1 Å². The number of fused-ring (bicyclic) bond motifs is 2. The number of rotatable bonds is 3. The lowest BCUT2D eigenvalue weighted by molar-refractivity contribution is 0.0960. The average Bonchev–Trinajstić information content (AvgIpc) is 3.12. The molecule has 0 unspecified atom stereocenters. The normalized spacial score (nSPS) is 10.9. The summed E-state index contributed by atoms with van der Waals surface area (Å²) in [5, 5.41) is 5.76.